The highest BCUT2D eigenvalue weighted by Crippen LogP contribution is 2.21. The Labute approximate surface area is 190 Å². The molecule has 1 aliphatic heterocycles. The van der Waals surface area contributed by atoms with Gasteiger partial charge >= 0.3 is 0 Å². The maximum absolute atomic E-state index is 12.7. The number of amides is 1. The SMILES string of the molecule is O=C(Nc1ccc(S(=O)(=O)N2CCOCC2)cc1)c1ccc(COc2cccc(Cl)c2)o1. The number of nitrogens with one attached hydrogen (secondary N) is 1. The van der Waals surface area contributed by atoms with Crippen molar-refractivity contribution in [3.05, 3.63) is 77.2 Å². The van der Waals surface area contributed by atoms with Gasteiger partial charge in [-0.1, -0.05) is 17.7 Å². The first-order valence-electron chi connectivity index (χ1n) is 9.88. The molecule has 1 aliphatic rings. The van der Waals surface area contributed by atoms with Gasteiger partial charge in [0.05, 0.1) is 18.1 Å². The number of morpholine rings is 1. The number of carbonyl (C=O) groups is 1. The van der Waals surface area contributed by atoms with Crippen molar-refractivity contribution in [2.75, 3.05) is 31.6 Å². The molecule has 168 valence electrons. The first kappa shape index (κ1) is 22.3. The highest BCUT2D eigenvalue weighted by molar-refractivity contribution is 7.89. The molecule has 0 spiro atoms. The molecule has 0 unspecified atom stereocenters. The third kappa shape index (κ3) is 5.31. The zero-order valence-electron chi connectivity index (χ0n) is 17.0. The summed E-state index contributed by atoms with van der Waals surface area (Å²) in [6.07, 6.45) is 0. The maximum Gasteiger partial charge on any atom is 0.291 e. The van der Waals surface area contributed by atoms with Crippen LogP contribution < -0.4 is 10.1 Å². The van der Waals surface area contributed by atoms with Crippen LogP contribution in [0.25, 0.3) is 0 Å². The second-order valence-corrected chi connectivity index (χ2v) is 9.38. The Morgan fingerprint density at radius 3 is 2.53 bits per heavy atom. The number of carbonyl (C=O) groups excluding carboxylic acids is 1. The number of ether oxygens (including phenoxy) is 2. The van der Waals surface area contributed by atoms with E-state index in [1.807, 2.05) is 0 Å². The number of nitrogens with zero attached hydrogens (tertiary/aromatic N) is 1. The number of sulfonamides is 1. The van der Waals surface area contributed by atoms with Crippen LogP contribution in [0, 0.1) is 0 Å². The molecule has 3 aromatic rings. The molecule has 4 rings (SSSR count). The zero-order chi connectivity index (χ0) is 22.6. The van der Waals surface area contributed by atoms with Gasteiger partial charge in [-0.25, -0.2) is 8.42 Å². The molecule has 0 bridgehead atoms. The van der Waals surface area contributed by atoms with Gasteiger partial charge in [-0.3, -0.25) is 4.79 Å². The predicted molar refractivity (Wildman–Crippen MR) is 118 cm³/mol. The molecular formula is C22H21ClN2O6S. The van der Waals surface area contributed by atoms with Crippen LogP contribution in [0.1, 0.15) is 16.3 Å². The van der Waals surface area contributed by atoms with Gasteiger partial charge in [-0.15, -0.1) is 0 Å². The molecule has 1 saturated heterocycles. The smallest absolute Gasteiger partial charge is 0.291 e. The summed E-state index contributed by atoms with van der Waals surface area (Å²) in [4.78, 5) is 12.6. The molecule has 10 heteroatoms. The lowest BCUT2D eigenvalue weighted by Crippen LogP contribution is -2.40. The van der Waals surface area contributed by atoms with Crippen LogP contribution >= 0.6 is 11.6 Å². The van der Waals surface area contributed by atoms with Gasteiger partial charge in [0.1, 0.15) is 18.1 Å². The second-order valence-electron chi connectivity index (χ2n) is 7.01. The number of benzene rings is 2. The van der Waals surface area contributed by atoms with E-state index in [9.17, 15) is 13.2 Å². The molecule has 1 fully saturated rings. The van der Waals surface area contributed by atoms with Gasteiger partial charge in [0.15, 0.2) is 5.76 Å². The highest BCUT2D eigenvalue weighted by atomic mass is 35.5. The van der Waals surface area contributed by atoms with Crippen LogP contribution in [-0.4, -0.2) is 44.9 Å². The molecule has 32 heavy (non-hydrogen) atoms. The van der Waals surface area contributed by atoms with E-state index in [-0.39, 0.29) is 17.3 Å². The Hall–Kier alpha value is -2.85. The maximum atomic E-state index is 12.7. The minimum atomic E-state index is -3.59. The molecule has 1 N–H and O–H groups in total. The Bertz CT molecular complexity index is 1190. The van der Waals surface area contributed by atoms with Crippen LogP contribution in [0.3, 0.4) is 0 Å². The lowest BCUT2D eigenvalue weighted by Gasteiger charge is -2.26. The highest BCUT2D eigenvalue weighted by Gasteiger charge is 2.26. The molecule has 0 aliphatic carbocycles. The van der Waals surface area contributed by atoms with Gasteiger partial charge in [0.2, 0.25) is 10.0 Å². The Balaban J connectivity index is 1.36. The number of halogens is 1. The standard InChI is InChI=1S/C22H21ClN2O6S/c23-16-2-1-3-18(14-16)30-15-19-6-9-21(31-19)22(26)24-17-4-7-20(8-5-17)32(27,28)25-10-12-29-13-11-25/h1-9,14H,10-13,15H2,(H,24,26). The third-order valence-electron chi connectivity index (χ3n) is 4.78. The summed E-state index contributed by atoms with van der Waals surface area (Å²) in [6.45, 7) is 1.54. The molecule has 8 nitrogen and oxygen atoms in total. The Morgan fingerprint density at radius 2 is 1.81 bits per heavy atom. The summed E-state index contributed by atoms with van der Waals surface area (Å²) in [6, 6.07) is 16.2. The third-order valence-corrected chi connectivity index (χ3v) is 6.93. The number of anilines is 1. The van der Waals surface area contributed by atoms with E-state index in [4.69, 9.17) is 25.5 Å². The molecule has 0 saturated carbocycles. The minimum Gasteiger partial charge on any atom is -0.486 e. The Morgan fingerprint density at radius 1 is 1.06 bits per heavy atom. The van der Waals surface area contributed by atoms with Crippen molar-refractivity contribution in [1.82, 2.24) is 4.31 Å². The van der Waals surface area contributed by atoms with E-state index in [1.54, 1.807) is 36.4 Å². The van der Waals surface area contributed by atoms with Gasteiger partial charge in [-0.05, 0) is 54.6 Å². The number of hydrogen-bond acceptors (Lipinski definition) is 6. The summed E-state index contributed by atoms with van der Waals surface area (Å²) in [5, 5.41) is 3.25. The van der Waals surface area contributed by atoms with Crippen molar-refractivity contribution in [2.24, 2.45) is 0 Å². The van der Waals surface area contributed by atoms with Crippen LogP contribution in [0.4, 0.5) is 5.69 Å². The fourth-order valence-corrected chi connectivity index (χ4v) is 4.72. The van der Waals surface area contributed by atoms with E-state index < -0.39 is 15.9 Å². The molecule has 1 aromatic heterocycles. The van der Waals surface area contributed by atoms with Crippen LogP contribution in [-0.2, 0) is 21.4 Å². The molecular weight excluding hydrogens is 456 g/mol. The number of furan rings is 1. The molecule has 2 aromatic carbocycles. The summed E-state index contributed by atoms with van der Waals surface area (Å²) in [7, 11) is -3.59. The van der Waals surface area contributed by atoms with E-state index in [0.717, 1.165) is 0 Å². The van der Waals surface area contributed by atoms with E-state index in [0.29, 0.717) is 48.5 Å². The van der Waals surface area contributed by atoms with Crippen molar-refractivity contribution in [3.63, 3.8) is 0 Å². The van der Waals surface area contributed by atoms with Gasteiger partial charge in [0, 0.05) is 23.8 Å². The van der Waals surface area contributed by atoms with Crippen molar-refractivity contribution < 1.29 is 27.1 Å². The van der Waals surface area contributed by atoms with Crippen molar-refractivity contribution in [1.29, 1.82) is 0 Å². The first-order chi connectivity index (χ1) is 15.4. The van der Waals surface area contributed by atoms with Crippen LogP contribution in [0.15, 0.2) is 70.0 Å². The zero-order valence-corrected chi connectivity index (χ0v) is 18.6. The van der Waals surface area contributed by atoms with Crippen LogP contribution in [0.5, 0.6) is 5.75 Å². The van der Waals surface area contributed by atoms with Crippen molar-refractivity contribution >= 4 is 33.2 Å². The molecule has 1 amide bonds. The average molecular weight is 477 g/mol. The largest absolute Gasteiger partial charge is 0.486 e. The lowest BCUT2D eigenvalue weighted by atomic mass is 10.3. The molecule has 0 radical (unpaired) electrons. The van der Waals surface area contributed by atoms with E-state index in [2.05, 4.69) is 5.32 Å². The fourth-order valence-electron chi connectivity index (χ4n) is 3.13. The summed E-state index contributed by atoms with van der Waals surface area (Å²) in [5.74, 6) is 0.719. The normalized spacial score (nSPS) is 14.8. The fraction of sp³-hybridized carbons (Fsp3) is 0.227. The monoisotopic (exact) mass is 476 g/mol. The lowest BCUT2D eigenvalue weighted by molar-refractivity contribution is 0.0730. The topological polar surface area (TPSA) is 98.1 Å². The average Bonchev–Trinajstić information content (AvgIpc) is 3.28. The van der Waals surface area contributed by atoms with E-state index >= 15 is 0 Å². The first-order valence-corrected chi connectivity index (χ1v) is 11.7. The summed E-state index contributed by atoms with van der Waals surface area (Å²) in [5.41, 5.74) is 0.448. The van der Waals surface area contributed by atoms with Gasteiger partial charge < -0.3 is 19.2 Å². The predicted octanol–water partition coefficient (Wildman–Crippen LogP) is 3.79. The van der Waals surface area contributed by atoms with Gasteiger partial charge in [0.25, 0.3) is 5.91 Å². The molecule has 2 heterocycles. The van der Waals surface area contributed by atoms with Crippen LogP contribution in [0.2, 0.25) is 5.02 Å². The Kier molecular flexibility index (Phi) is 6.80. The molecule has 0 atom stereocenters. The van der Waals surface area contributed by atoms with Crippen molar-refractivity contribution in [3.8, 4) is 5.75 Å². The quantitative estimate of drug-likeness (QED) is 0.557. The van der Waals surface area contributed by atoms with Crippen molar-refractivity contribution in [2.45, 2.75) is 11.5 Å². The van der Waals surface area contributed by atoms with E-state index in [1.165, 1.54) is 28.6 Å². The summed E-state index contributed by atoms with van der Waals surface area (Å²) < 4.78 is 43.1. The number of hydrogen-bond donors (Lipinski definition) is 1. The number of rotatable bonds is 7. The minimum absolute atomic E-state index is 0.111. The summed E-state index contributed by atoms with van der Waals surface area (Å²) >= 11 is 5.93. The second kappa shape index (κ2) is 9.74. The van der Waals surface area contributed by atoms with Gasteiger partial charge in [-0.2, -0.15) is 4.31 Å².